The van der Waals surface area contributed by atoms with E-state index in [0.29, 0.717) is 13.2 Å². The van der Waals surface area contributed by atoms with Crippen molar-refractivity contribution in [1.29, 1.82) is 0 Å². The van der Waals surface area contributed by atoms with Gasteiger partial charge in [-0.2, -0.15) is 13.2 Å². The van der Waals surface area contributed by atoms with Gasteiger partial charge in [-0.25, -0.2) is 0 Å². The molecule has 1 aliphatic rings. The van der Waals surface area contributed by atoms with Gasteiger partial charge < -0.3 is 10.1 Å². The van der Waals surface area contributed by atoms with Gasteiger partial charge in [0.1, 0.15) is 5.75 Å². The summed E-state index contributed by atoms with van der Waals surface area (Å²) < 4.78 is 42.7. The number of hydrogen-bond donors (Lipinski definition) is 1. The lowest BCUT2D eigenvalue weighted by atomic mass is 9.90. The average Bonchev–Trinajstić information content (AvgIpc) is 2.77. The van der Waals surface area contributed by atoms with Crippen molar-refractivity contribution >= 4 is 0 Å². The van der Waals surface area contributed by atoms with Gasteiger partial charge in [-0.3, -0.25) is 0 Å². The number of fused-ring (bicyclic) bond motifs is 1. The fourth-order valence-electron chi connectivity index (χ4n) is 2.55. The van der Waals surface area contributed by atoms with Crippen LogP contribution in [0.5, 0.6) is 5.75 Å². The lowest BCUT2D eigenvalue weighted by molar-refractivity contribution is -0.137. The second-order valence-electron chi connectivity index (χ2n) is 4.77. The first-order valence-electron chi connectivity index (χ1n) is 6.53. The number of alkyl halides is 3. The molecule has 2 atom stereocenters. The predicted molar refractivity (Wildman–Crippen MR) is 67.4 cm³/mol. The van der Waals surface area contributed by atoms with E-state index >= 15 is 0 Å². The number of hydrogen-bond acceptors (Lipinski definition) is 2. The van der Waals surface area contributed by atoms with Crippen molar-refractivity contribution in [2.75, 3.05) is 13.2 Å². The maximum absolute atomic E-state index is 12.4. The van der Waals surface area contributed by atoms with E-state index in [4.69, 9.17) is 4.74 Å². The van der Waals surface area contributed by atoms with Crippen molar-refractivity contribution < 1.29 is 17.9 Å². The van der Waals surface area contributed by atoms with Crippen molar-refractivity contribution in [2.24, 2.45) is 0 Å². The van der Waals surface area contributed by atoms with E-state index in [9.17, 15) is 13.2 Å². The van der Waals surface area contributed by atoms with Crippen LogP contribution in [0.15, 0.2) is 24.3 Å². The standard InChI is InChI=1S/C14H18F3NO/c1-2-18-12(7-8-14(15,16)17)11-9-19-13-6-4-3-5-10(11)13/h3-6,11-12,18H,2,7-9H2,1H3. The zero-order valence-corrected chi connectivity index (χ0v) is 10.8. The van der Waals surface area contributed by atoms with Crippen LogP contribution in [0.3, 0.4) is 0 Å². The average molecular weight is 273 g/mol. The van der Waals surface area contributed by atoms with Gasteiger partial charge in [0.15, 0.2) is 0 Å². The Morgan fingerprint density at radius 3 is 2.79 bits per heavy atom. The van der Waals surface area contributed by atoms with E-state index in [1.165, 1.54) is 0 Å². The minimum atomic E-state index is -4.10. The van der Waals surface area contributed by atoms with Crippen LogP contribution in [0.1, 0.15) is 31.2 Å². The normalized spacial score (nSPS) is 19.9. The molecule has 1 aromatic rings. The summed E-state index contributed by atoms with van der Waals surface area (Å²) in [5.41, 5.74) is 1.01. The highest BCUT2D eigenvalue weighted by Gasteiger charge is 2.34. The maximum Gasteiger partial charge on any atom is 0.389 e. The van der Waals surface area contributed by atoms with Gasteiger partial charge in [-0.1, -0.05) is 25.1 Å². The lowest BCUT2D eigenvalue weighted by Gasteiger charge is -2.24. The molecule has 1 aliphatic heterocycles. The summed E-state index contributed by atoms with van der Waals surface area (Å²) >= 11 is 0. The van der Waals surface area contributed by atoms with Crippen molar-refractivity contribution in [3.63, 3.8) is 0 Å². The van der Waals surface area contributed by atoms with Crippen molar-refractivity contribution in [3.8, 4) is 5.75 Å². The molecule has 0 aromatic heterocycles. The molecule has 1 aromatic carbocycles. The lowest BCUT2D eigenvalue weighted by Crippen LogP contribution is -2.36. The first-order chi connectivity index (χ1) is 9.01. The Hall–Kier alpha value is -1.23. The van der Waals surface area contributed by atoms with Gasteiger partial charge in [0, 0.05) is 23.9 Å². The van der Waals surface area contributed by atoms with Gasteiger partial charge in [-0.05, 0) is 19.0 Å². The fraction of sp³-hybridized carbons (Fsp3) is 0.571. The van der Waals surface area contributed by atoms with Gasteiger partial charge in [0.2, 0.25) is 0 Å². The molecule has 1 heterocycles. The third-order valence-corrected chi connectivity index (χ3v) is 3.43. The van der Waals surface area contributed by atoms with E-state index in [2.05, 4.69) is 5.32 Å². The molecule has 2 nitrogen and oxygen atoms in total. The molecule has 0 fully saturated rings. The molecule has 0 amide bonds. The third kappa shape index (κ3) is 3.62. The minimum absolute atomic E-state index is 0.00139. The van der Waals surface area contributed by atoms with Gasteiger partial charge in [0.25, 0.3) is 0 Å². The molecule has 2 unspecified atom stereocenters. The number of para-hydroxylation sites is 1. The largest absolute Gasteiger partial charge is 0.493 e. The van der Waals surface area contributed by atoms with E-state index < -0.39 is 12.6 Å². The topological polar surface area (TPSA) is 21.3 Å². The molecule has 0 saturated heterocycles. The molecular formula is C14H18F3NO. The molecule has 1 N–H and O–H groups in total. The Balaban J connectivity index is 2.08. The molecule has 5 heteroatoms. The summed E-state index contributed by atoms with van der Waals surface area (Å²) in [6, 6.07) is 7.37. The molecule has 2 rings (SSSR count). The summed E-state index contributed by atoms with van der Waals surface area (Å²) in [7, 11) is 0. The zero-order chi connectivity index (χ0) is 13.9. The summed E-state index contributed by atoms with van der Waals surface area (Å²) in [6.45, 7) is 3.01. The second kappa shape index (κ2) is 5.82. The second-order valence-corrected chi connectivity index (χ2v) is 4.77. The van der Waals surface area contributed by atoms with Crippen molar-refractivity contribution in [2.45, 2.75) is 37.9 Å². The highest BCUT2D eigenvalue weighted by Crippen LogP contribution is 2.37. The van der Waals surface area contributed by atoms with Gasteiger partial charge >= 0.3 is 6.18 Å². The highest BCUT2D eigenvalue weighted by atomic mass is 19.4. The summed E-state index contributed by atoms with van der Waals surface area (Å²) in [4.78, 5) is 0. The van der Waals surface area contributed by atoms with Crippen LogP contribution in [-0.2, 0) is 0 Å². The van der Waals surface area contributed by atoms with Crippen LogP contribution < -0.4 is 10.1 Å². The Labute approximate surface area is 111 Å². The number of likely N-dealkylation sites (N-methyl/N-ethyl adjacent to an activating group) is 1. The van der Waals surface area contributed by atoms with E-state index in [1.807, 2.05) is 31.2 Å². The Kier molecular flexibility index (Phi) is 4.34. The number of rotatable bonds is 5. The van der Waals surface area contributed by atoms with Crippen LogP contribution in [0, 0.1) is 0 Å². The zero-order valence-electron chi connectivity index (χ0n) is 10.8. The Morgan fingerprint density at radius 1 is 1.37 bits per heavy atom. The van der Waals surface area contributed by atoms with Crippen LogP contribution >= 0.6 is 0 Å². The van der Waals surface area contributed by atoms with E-state index in [-0.39, 0.29) is 18.4 Å². The van der Waals surface area contributed by atoms with Crippen molar-refractivity contribution in [1.82, 2.24) is 5.32 Å². The predicted octanol–water partition coefficient (Wildman–Crippen LogP) is 3.48. The smallest absolute Gasteiger partial charge is 0.389 e. The quantitative estimate of drug-likeness (QED) is 0.886. The monoisotopic (exact) mass is 273 g/mol. The van der Waals surface area contributed by atoms with Crippen LogP contribution in [0.25, 0.3) is 0 Å². The summed E-state index contributed by atoms with van der Waals surface area (Å²) in [5, 5.41) is 3.16. The molecule has 0 bridgehead atoms. The third-order valence-electron chi connectivity index (χ3n) is 3.43. The maximum atomic E-state index is 12.4. The molecular weight excluding hydrogens is 255 g/mol. The molecule has 19 heavy (non-hydrogen) atoms. The van der Waals surface area contributed by atoms with Crippen molar-refractivity contribution in [3.05, 3.63) is 29.8 Å². The SMILES string of the molecule is CCNC(CCC(F)(F)F)C1COc2ccccc21. The van der Waals surface area contributed by atoms with E-state index in [1.54, 1.807) is 0 Å². The van der Waals surface area contributed by atoms with Crippen LogP contribution in [0.4, 0.5) is 13.2 Å². The first-order valence-corrected chi connectivity index (χ1v) is 6.53. The molecule has 0 saturated carbocycles. The fourth-order valence-corrected chi connectivity index (χ4v) is 2.55. The minimum Gasteiger partial charge on any atom is -0.493 e. The number of halogens is 3. The summed E-state index contributed by atoms with van der Waals surface area (Å²) in [5.74, 6) is 0.793. The summed E-state index contributed by atoms with van der Waals surface area (Å²) in [6.07, 6.45) is -4.78. The molecule has 106 valence electrons. The van der Waals surface area contributed by atoms with Crippen LogP contribution in [-0.4, -0.2) is 25.4 Å². The van der Waals surface area contributed by atoms with E-state index in [0.717, 1.165) is 11.3 Å². The number of nitrogens with one attached hydrogen (secondary N) is 1. The number of ether oxygens (including phenoxy) is 1. The number of benzene rings is 1. The Bertz CT molecular complexity index is 419. The molecule has 0 aliphatic carbocycles. The van der Waals surface area contributed by atoms with Gasteiger partial charge in [-0.15, -0.1) is 0 Å². The first kappa shape index (κ1) is 14.2. The molecule has 0 radical (unpaired) electrons. The molecule has 0 spiro atoms. The van der Waals surface area contributed by atoms with Gasteiger partial charge in [0.05, 0.1) is 6.61 Å². The Morgan fingerprint density at radius 2 is 2.11 bits per heavy atom. The van der Waals surface area contributed by atoms with Crippen LogP contribution in [0.2, 0.25) is 0 Å². The highest BCUT2D eigenvalue weighted by molar-refractivity contribution is 5.40.